The molecule has 0 radical (unpaired) electrons. The highest BCUT2D eigenvalue weighted by molar-refractivity contribution is 7.31. The van der Waals surface area contributed by atoms with Crippen LogP contribution in [0.1, 0.15) is 0 Å². The van der Waals surface area contributed by atoms with Gasteiger partial charge in [0.15, 0.2) is 0 Å². The maximum absolute atomic E-state index is 8.70. The average Bonchev–Trinajstić information content (AvgIpc) is 1.85. The van der Waals surface area contributed by atoms with Gasteiger partial charge in [0.1, 0.15) is 0 Å². The lowest BCUT2D eigenvalue weighted by molar-refractivity contribution is 0.403. The van der Waals surface area contributed by atoms with E-state index in [1.807, 2.05) is 0 Å². The van der Waals surface area contributed by atoms with Crippen molar-refractivity contribution in [3.05, 3.63) is 0 Å². The second-order valence-electron chi connectivity index (χ2n) is 0.913. The molecule has 0 amide bonds. The van der Waals surface area contributed by atoms with Gasteiger partial charge in [0, 0.05) is 16.2 Å². The van der Waals surface area contributed by atoms with Crippen molar-refractivity contribution in [1.82, 2.24) is 0 Å². The first-order chi connectivity index (χ1) is 5.38. The molecule has 0 bridgehead atoms. The fourth-order valence-electron chi connectivity index (χ4n) is 0. The molecule has 8 nitrogen and oxygen atoms in total. The Balaban J connectivity index is -0.000000101. The standard InChI is InChI=1S/C2H6N2.2HO3P/c1-4-2-3;2*1-4(2)3/h2H,1H3,(H2,3,4);2*(H-,1,2,3)/p+2. The molecule has 12 heavy (non-hydrogen) atoms. The van der Waals surface area contributed by atoms with Crippen molar-refractivity contribution >= 4 is 22.8 Å². The van der Waals surface area contributed by atoms with Gasteiger partial charge in [-0.15, -0.1) is 19.6 Å². The summed E-state index contributed by atoms with van der Waals surface area (Å²) < 4.78 is 17.4. The van der Waals surface area contributed by atoms with E-state index in [2.05, 4.69) is 4.99 Å². The lowest BCUT2D eigenvalue weighted by Gasteiger charge is -1.55. The zero-order valence-electron chi connectivity index (χ0n) is 6.10. The monoisotopic (exact) mass is 220 g/mol. The third-order valence-electron chi connectivity index (χ3n) is 0.149. The van der Waals surface area contributed by atoms with Crippen LogP contribution in [0.5, 0.6) is 0 Å². The van der Waals surface area contributed by atoms with Gasteiger partial charge in [0.05, 0.1) is 6.34 Å². The summed E-state index contributed by atoms with van der Waals surface area (Å²) in [4.78, 5) is 31.9. The molecule has 0 unspecified atom stereocenters. The molecule has 0 spiro atoms. The van der Waals surface area contributed by atoms with E-state index in [1.165, 1.54) is 6.34 Å². The quantitative estimate of drug-likeness (QED) is 0.196. The molecule has 0 aliphatic heterocycles. The molecule has 0 fully saturated rings. The van der Waals surface area contributed by atoms with Gasteiger partial charge in [-0.25, -0.2) is 0 Å². The molecule has 72 valence electrons. The predicted octanol–water partition coefficient (Wildman–Crippen LogP) is -1.14. The molecule has 0 atom stereocenters. The van der Waals surface area contributed by atoms with Gasteiger partial charge in [0.25, 0.3) is 0 Å². The van der Waals surface area contributed by atoms with Crippen molar-refractivity contribution in [2.45, 2.75) is 0 Å². The van der Waals surface area contributed by atoms with E-state index in [1.54, 1.807) is 7.05 Å². The second kappa shape index (κ2) is 16.9. The molecule has 0 rings (SSSR count). The SMILES string of the molecule is CN=CN.O=[P+](O)O.O=[P+](O)O. The summed E-state index contributed by atoms with van der Waals surface area (Å²) in [5.41, 5.74) is 4.74. The normalized spacial score (nSPS) is 7.42. The molecule has 0 aromatic rings. The Bertz CT molecular complexity index is 124. The van der Waals surface area contributed by atoms with Crippen LogP contribution in [-0.2, 0) is 9.13 Å². The fourth-order valence-corrected chi connectivity index (χ4v) is 0. The van der Waals surface area contributed by atoms with Crippen molar-refractivity contribution in [3.8, 4) is 0 Å². The third-order valence-corrected chi connectivity index (χ3v) is 0.149. The molecular weight excluding hydrogens is 210 g/mol. The van der Waals surface area contributed by atoms with Crippen molar-refractivity contribution in [3.63, 3.8) is 0 Å². The largest absolute Gasteiger partial charge is 0.692 e. The number of hydrogen-bond acceptors (Lipinski definition) is 3. The summed E-state index contributed by atoms with van der Waals surface area (Å²) in [6.45, 7) is 0. The number of nitrogens with two attached hydrogens (primary N) is 1. The maximum Gasteiger partial charge on any atom is 0.692 e. The summed E-state index contributed by atoms with van der Waals surface area (Å²) in [5, 5.41) is 0. The zero-order valence-corrected chi connectivity index (χ0v) is 7.89. The highest BCUT2D eigenvalue weighted by Crippen LogP contribution is 1.98. The van der Waals surface area contributed by atoms with Gasteiger partial charge in [-0.3, -0.25) is 4.99 Å². The smallest absolute Gasteiger partial charge is 0.390 e. The van der Waals surface area contributed by atoms with Crippen LogP contribution in [0.15, 0.2) is 4.99 Å². The van der Waals surface area contributed by atoms with Crippen LogP contribution < -0.4 is 5.73 Å². The first kappa shape index (κ1) is 17.6. The van der Waals surface area contributed by atoms with Crippen molar-refractivity contribution in [1.29, 1.82) is 0 Å². The van der Waals surface area contributed by atoms with Crippen molar-refractivity contribution < 1.29 is 28.7 Å². The Morgan fingerprint density at radius 3 is 1.25 bits per heavy atom. The fraction of sp³-hybridized carbons (Fsp3) is 0.500. The Morgan fingerprint density at radius 2 is 1.25 bits per heavy atom. The Kier molecular flexibility index (Phi) is 24.7. The topological polar surface area (TPSA) is 153 Å². The summed E-state index contributed by atoms with van der Waals surface area (Å²) in [5.74, 6) is 0. The highest BCUT2D eigenvalue weighted by Gasteiger charge is 1.93. The first-order valence-electron chi connectivity index (χ1n) is 2.20. The lowest BCUT2D eigenvalue weighted by atomic mass is 11.3. The van der Waals surface area contributed by atoms with E-state index in [0.29, 0.717) is 0 Å². The van der Waals surface area contributed by atoms with Crippen LogP contribution in [0.3, 0.4) is 0 Å². The molecule has 0 aliphatic rings. The summed E-state index contributed by atoms with van der Waals surface area (Å²) in [6, 6.07) is 0. The van der Waals surface area contributed by atoms with Gasteiger partial charge in [-0.1, -0.05) is 0 Å². The molecule has 0 aliphatic carbocycles. The lowest BCUT2D eigenvalue weighted by Crippen LogP contribution is -1.84. The predicted molar refractivity (Wildman–Crippen MR) is 42.7 cm³/mol. The first-order valence-corrected chi connectivity index (χ1v) is 4.53. The van der Waals surface area contributed by atoms with Crippen LogP contribution in [-0.4, -0.2) is 33.0 Å². The van der Waals surface area contributed by atoms with E-state index in [0.717, 1.165) is 0 Å². The van der Waals surface area contributed by atoms with E-state index >= 15 is 0 Å². The minimum atomic E-state index is -2.87. The number of aliphatic imine (C=N–C) groups is 1. The molecule has 0 saturated heterocycles. The highest BCUT2D eigenvalue weighted by atomic mass is 31.1. The van der Waals surface area contributed by atoms with Crippen LogP contribution >= 0.6 is 16.5 Å². The van der Waals surface area contributed by atoms with Crippen LogP contribution in [0.2, 0.25) is 0 Å². The molecule has 0 aromatic carbocycles. The van der Waals surface area contributed by atoms with E-state index in [-0.39, 0.29) is 0 Å². The van der Waals surface area contributed by atoms with Gasteiger partial charge in [0.2, 0.25) is 0 Å². The Hall–Kier alpha value is -0.490. The van der Waals surface area contributed by atoms with Crippen LogP contribution in [0.25, 0.3) is 0 Å². The molecule has 10 heteroatoms. The summed E-state index contributed by atoms with van der Waals surface area (Å²) in [6.07, 6.45) is 1.25. The number of hydrogen-bond donors (Lipinski definition) is 5. The zero-order chi connectivity index (χ0) is 10.6. The van der Waals surface area contributed by atoms with E-state index in [9.17, 15) is 0 Å². The minimum Gasteiger partial charge on any atom is -0.390 e. The van der Waals surface area contributed by atoms with Gasteiger partial charge < -0.3 is 5.73 Å². The third kappa shape index (κ3) is 2650. The summed E-state index contributed by atoms with van der Waals surface area (Å²) >= 11 is 0. The minimum absolute atomic E-state index is 1.25. The van der Waals surface area contributed by atoms with Gasteiger partial charge in [-0.05, 0) is 0 Å². The van der Waals surface area contributed by atoms with Crippen LogP contribution in [0, 0.1) is 0 Å². The number of rotatable bonds is 0. The molecule has 0 saturated carbocycles. The molecule has 6 N–H and O–H groups in total. The van der Waals surface area contributed by atoms with Gasteiger partial charge in [-0.2, -0.15) is 0 Å². The molecular formula is C2H10N2O6P2+2. The van der Waals surface area contributed by atoms with E-state index < -0.39 is 16.5 Å². The summed E-state index contributed by atoms with van der Waals surface area (Å²) in [7, 11) is -4.12. The van der Waals surface area contributed by atoms with E-state index in [4.69, 9.17) is 34.4 Å². The maximum atomic E-state index is 8.70. The Labute approximate surface area is 70.3 Å². The van der Waals surface area contributed by atoms with Crippen molar-refractivity contribution in [2.24, 2.45) is 10.7 Å². The molecule has 0 heterocycles. The number of nitrogens with zero attached hydrogens (tertiary/aromatic N) is 1. The Morgan fingerprint density at radius 1 is 1.17 bits per heavy atom. The average molecular weight is 220 g/mol. The van der Waals surface area contributed by atoms with Crippen molar-refractivity contribution in [2.75, 3.05) is 7.05 Å². The molecule has 0 aromatic heterocycles. The second-order valence-corrected chi connectivity index (χ2v) is 1.92. The van der Waals surface area contributed by atoms with Gasteiger partial charge >= 0.3 is 16.5 Å². The van der Waals surface area contributed by atoms with Crippen LogP contribution in [0.4, 0.5) is 0 Å².